The molecule has 0 aliphatic carbocycles. The number of nitrogens with one attached hydrogen (secondary N) is 1. The Balaban J connectivity index is 1.83. The van der Waals surface area contributed by atoms with E-state index in [1.807, 2.05) is 0 Å². The topological polar surface area (TPSA) is 88.4 Å². The minimum absolute atomic E-state index is 0.0170. The van der Waals surface area contributed by atoms with Crippen LogP contribution in [0.25, 0.3) is 21.8 Å². The minimum atomic E-state index is -0.486. The van der Waals surface area contributed by atoms with Crippen molar-refractivity contribution in [1.82, 2.24) is 9.88 Å². The second-order valence-corrected chi connectivity index (χ2v) is 6.39. The van der Waals surface area contributed by atoms with Crippen LogP contribution in [-0.4, -0.2) is 48.0 Å². The van der Waals surface area contributed by atoms with Crippen molar-refractivity contribution in [3.8, 4) is 0 Å². The van der Waals surface area contributed by atoms with E-state index in [0.717, 1.165) is 0 Å². The molecule has 2 aromatic carbocycles. The summed E-state index contributed by atoms with van der Waals surface area (Å²) in [5.74, 6) is -0.992. The zero-order valence-corrected chi connectivity index (χ0v) is 14.0. The van der Waals surface area contributed by atoms with Gasteiger partial charge >= 0.3 is 0 Å². The van der Waals surface area contributed by atoms with E-state index in [9.17, 15) is 14.0 Å². The first-order valence-corrected chi connectivity index (χ1v) is 8.43. The summed E-state index contributed by atoms with van der Waals surface area (Å²) in [5, 5.41) is 0.985. The molecule has 7 heteroatoms. The lowest BCUT2D eigenvalue weighted by molar-refractivity contribution is -0.117. The second-order valence-electron chi connectivity index (χ2n) is 6.39. The first-order chi connectivity index (χ1) is 12.5. The molecular weight excluding hydrogens is 337 g/mol. The van der Waals surface area contributed by atoms with Crippen LogP contribution in [0.1, 0.15) is 15.9 Å². The number of nitrogens with zero attached hydrogens (tertiary/aromatic N) is 1. The third-order valence-electron chi connectivity index (χ3n) is 4.70. The summed E-state index contributed by atoms with van der Waals surface area (Å²) in [6, 6.07) is 8.06. The standard InChI is InChI=1S/C19H18FN3O3/c20-14-3-1-11(10-16(21)24)18-17(14)13-9-12(2-4-15(13)22-18)19(25)23-5-7-26-8-6-23/h1-4,9,22H,5-8,10H2,(H2,21,24). The van der Waals surface area contributed by atoms with E-state index >= 15 is 0 Å². The number of halogens is 1. The number of rotatable bonds is 3. The fourth-order valence-corrected chi connectivity index (χ4v) is 3.44. The van der Waals surface area contributed by atoms with E-state index in [1.54, 1.807) is 29.2 Å². The first-order valence-electron chi connectivity index (χ1n) is 8.43. The second kappa shape index (κ2) is 6.42. The molecule has 0 saturated carbocycles. The summed E-state index contributed by atoms with van der Waals surface area (Å²) in [6.45, 7) is 2.13. The number of carbonyl (C=O) groups is 2. The predicted octanol–water partition coefficient (Wildman–Crippen LogP) is 1.96. The monoisotopic (exact) mass is 355 g/mol. The molecule has 4 rings (SSSR count). The Morgan fingerprint density at radius 2 is 1.96 bits per heavy atom. The number of carbonyl (C=O) groups excluding carboxylic acids is 2. The lowest BCUT2D eigenvalue weighted by Crippen LogP contribution is -2.40. The van der Waals surface area contributed by atoms with Gasteiger partial charge in [-0.05, 0) is 29.8 Å². The summed E-state index contributed by atoms with van der Waals surface area (Å²) in [4.78, 5) is 28.9. The van der Waals surface area contributed by atoms with Gasteiger partial charge in [-0.3, -0.25) is 9.59 Å². The summed E-state index contributed by atoms with van der Waals surface area (Å²) >= 11 is 0. The van der Waals surface area contributed by atoms with Crippen LogP contribution in [0.3, 0.4) is 0 Å². The molecule has 134 valence electrons. The van der Waals surface area contributed by atoms with Gasteiger partial charge in [-0.2, -0.15) is 0 Å². The molecule has 0 spiro atoms. The Bertz CT molecular complexity index is 1020. The maximum Gasteiger partial charge on any atom is 0.254 e. The molecule has 6 nitrogen and oxygen atoms in total. The number of nitrogens with two attached hydrogens (primary N) is 1. The molecule has 2 heterocycles. The summed E-state index contributed by atoms with van der Waals surface area (Å²) in [6.07, 6.45) is 0.0170. The Morgan fingerprint density at radius 3 is 2.69 bits per heavy atom. The van der Waals surface area contributed by atoms with Crippen molar-refractivity contribution in [1.29, 1.82) is 0 Å². The highest BCUT2D eigenvalue weighted by Gasteiger charge is 2.20. The molecule has 0 atom stereocenters. The molecule has 1 aliphatic heterocycles. The first kappa shape index (κ1) is 16.5. The fraction of sp³-hybridized carbons (Fsp3) is 0.263. The lowest BCUT2D eigenvalue weighted by Gasteiger charge is -2.26. The number of benzene rings is 2. The number of ether oxygens (including phenoxy) is 1. The van der Waals surface area contributed by atoms with Crippen molar-refractivity contribution in [3.05, 3.63) is 47.3 Å². The molecule has 1 fully saturated rings. The van der Waals surface area contributed by atoms with Crippen LogP contribution in [0.5, 0.6) is 0 Å². The van der Waals surface area contributed by atoms with Gasteiger partial charge in [0.1, 0.15) is 5.82 Å². The smallest absolute Gasteiger partial charge is 0.254 e. The van der Waals surface area contributed by atoms with Crippen molar-refractivity contribution < 1.29 is 18.7 Å². The molecule has 2 amide bonds. The van der Waals surface area contributed by atoms with Crippen LogP contribution >= 0.6 is 0 Å². The number of fused-ring (bicyclic) bond motifs is 3. The number of hydrogen-bond donors (Lipinski definition) is 2. The zero-order chi connectivity index (χ0) is 18.3. The SMILES string of the molecule is NC(=O)Cc1ccc(F)c2c1[nH]c1ccc(C(=O)N3CCOCC3)cc12. The van der Waals surface area contributed by atoms with E-state index in [2.05, 4.69) is 4.98 Å². The van der Waals surface area contributed by atoms with Gasteiger partial charge in [0.05, 0.1) is 25.2 Å². The van der Waals surface area contributed by atoms with Gasteiger partial charge in [-0.15, -0.1) is 0 Å². The lowest BCUT2D eigenvalue weighted by atomic mass is 10.0. The zero-order valence-electron chi connectivity index (χ0n) is 14.0. The van der Waals surface area contributed by atoms with Crippen LogP contribution in [0.4, 0.5) is 4.39 Å². The number of primary amides is 1. The maximum absolute atomic E-state index is 14.5. The Labute approximate surface area is 148 Å². The molecule has 0 bridgehead atoms. The van der Waals surface area contributed by atoms with E-state index in [4.69, 9.17) is 10.5 Å². The Morgan fingerprint density at radius 1 is 1.19 bits per heavy atom. The van der Waals surface area contributed by atoms with Gasteiger partial charge in [0, 0.05) is 34.9 Å². The van der Waals surface area contributed by atoms with E-state index in [-0.39, 0.29) is 12.3 Å². The van der Waals surface area contributed by atoms with Crippen LogP contribution in [0, 0.1) is 5.82 Å². The van der Waals surface area contributed by atoms with Crippen molar-refractivity contribution in [3.63, 3.8) is 0 Å². The average Bonchev–Trinajstić information content (AvgIpc) is 3.03. The highest BCUT2D eigenvalue weighted by atomic mass is 19.1. The summed E-state index contributed by atoms with van der Waals surface area (Å²) in [5.41, 5.74) is 7.66. The Kier molecular flexibility index (Phi) is 4.08. The van der Waals surface area contributed by atoms with Gasteiger partial charge < -0.3 is 20.4 Å². The van der Waals surface area contributed by atoms with Crippen LogP contribution in [0.15, 0.2) is 30.3 Å². The third-order valence-corrected chi connectivity index (χ3v) is 4.70. The summed E-state index contributed by atoms with van der Waals surface area (Å²) in [7, 11) is 0. The number of amides is 2. The fourth-order valence-electron chi connectivity index (χ4n) is 3.44. The van der Waals surface area contributed by atoms with Gasteiger partial charge in [-0.1, -0.05) is 6.07 Å². The Hall–Kier alpha value is -2.93. The van der Waals surface area contributed by atoms with Crippen LogP contribution in [-0.2, 0) is 16.0 Å². The number of H-pyrrole nitrogens is 1. The number of aromatic nitrogens is 1. The van der Waals surface area contributed by atoms with E-state index in [1.165, 1.54) is 6.07 Å². The molecule has 0 radical (unpaired) electrons. The molecule has 1 aliphatic rings. The van der Waals surface area contributed by atoms with Crippen LogP contribution < -0.4 is 5.73 Å². The van der Waals surface area contributed by atoms with Crippen LogP contribution in [0.2, 0.25) is 0 Å². The van der Waals surface area contributed by atoms with Gasteiger partial charge in [-0.25, -0.2) is 4.39 Å². The molecule has 1 saturated heterocycles. The molecular formula is C19H18FN3O3. The number of morpholine rings is 1. The highest BCUT2D eigenvalue weighted by molar-refractivity contribution is 6.11. The molecule has 3 aromatic rings. The molecule has 1 aromatic heterocycles. The van der Waals surface area contributed by atoms with Gasteiger partial charge in [0.15, 0.2) is 0 Å². The highest BCUT2D eigenvalue weighted by Crippen LogP contribution is 2.31. The molecule has 0 unspecified atom stereocenters. The van der Waals surface area contributed by atoms with Gasteiger partial charge in [0.25, 0.3) is 5.91 Å². The summed E-state index contributed by atoms with van der Waals surface area (Å²) < 4.78 is 19.8. The molecule has 3 N–H and O–H groups in total. The normalized spacial score (nSPS) is 14.9. The quantitative estimate of drug-likeness (QED) is 0.753. The number of hydrogen-bond acceptors (Lipinski definition) is 3. The maximum atomic E-state index is 14.5. The molecule has 26 heavy (non-hydrogen) atoms. The van der Waals surface area contributed by atoms with Crippen molar-refractivity contribution >= 4 is 33.6 Å². The largest absolute Gasteiger partial charge is 0.378 e. The number of aromatic amines is 1. The van der Waals surface area contributed by atoms with E-state index in [0.29, 0.717) is 59.2 Å². The predicted molar refractivity (Wildman–Crippen MR) is 95.4 cm³/mol. The average molecular weight is 355 g/mol. The van der Waals surface area contributed by atoms with Crippen molar-refractivity contribution in [2.24, 2.45) is 5.73 Å². The minimum Gasteiger partial charge on any atom is -0.378 e. The van der Waals surface area contributed by atoms with Gasteiger partial charge in [0.2, 0.25) is 5.91 Å². The van der Waals surface area contributed by atoms with Crippen molar-refractivity contribution in [2.75, 3.05) is 26.3 Å². The third kappa shape index (κ3) is 2.80. The van der Waals surface area contributed by atoms with Crippen molar-refractivity contribution in [2.45, 2.75) is 6.42 Å². The van der Waals surface area contributed by atoms with E-state index < -0.39 is 11.7 Å².